The van der Waals surface area contributed by atoms with Gasteiger partial charge in [-0.1, -0.05) is 48.5 Å². The summed E-state index contributed by atoms with van der Waals surface area (Å²) >= 11 is 6.89. The maximum Gasteiger partial charge on any atom is 0.412 e. The maximum absolute atomic E-state index is 12.9. The molecule has 0 aliphatic heterocycles. The van der Waals surface area contributed by atoms with E-state index in [1.807, 2.05) is 36.4 Å². The zero-order valence-electron chi connectivity index (χ0n) is 19.4. The fourth-order valence-corrected chi connectivity index (χ4v) is 5.98. The summed E-state index contributed by atoms with van der Waals surface area (Å²) in [6, 6.07) is 16.0. The predicted octanol–water partition coefficient (Wildman–Crippen LogP) is 5.37. The molecule has 2 aromatic carbocycles. The first kappa shape index (κ1) is 25.5. The van der Waals surface area contributed by atoms with Crippen molar-refractivity contribution in [2.75, 3.05) is 11.8 Å². The lowest BCUT2D eigenvalue weighted by Gasteiger charge is -2.08. The van der Waals surface area contributed by atoms with E-state index in [4.69, 9.17) is 21.1 Å². The summed E-state index contributed by atoms with van der Waals surface area (Å²) in [5.74, 6) is 0.958. The highest BCUT2D eigenvalue weighted by atomic mass is 35.5. The van der Waals surface area contributed by atoms with Gasteiger partial charge in [0.15, 0.2) is 5.82 Å². The molecule has 0 aliphatic rings. The maximum atomic E-state index is 12.9. The van der Waals surface area contributed by atoms with Gasteiger partial charge in [-0.15, -0.1) is 11.3 Å². The van der Waals surface area contributed by atoms with Crippen molar-refractivity contribution in [3.05, 3.63) is 82.4 Å². The monoisotopic (exact) mass is 546 g/mol. The molecule has 0 atom stereocenters. The van der Waals surface area contributed by atoms with Gasteiger partial charge >= 0.3 is 6.09 Å². The van der Waals surface area contributed by atoms with E-state index in [0.29, 0.717) is 39.8 Å². The van der Waals surface area contributed by atoms with Crippen molar-refractivity contribution >= 4 is 55.8 Å². The molecule has 0 saturated carbocycles. The molecule has 2 N–H and O–H groups in total. The molecule has 0 saturated heterocycles. The molecule has 12 heteroatoms. The number of halogens is 1. The number of allylic oxidation sites excluding steroid dienone is 1. The second kappa shape index (κ2) is 10.6. The minimum absolute atomic E-state index is 0.0847. The van der Waals surface area contributed by atoms with Gasteiger partial charge in [0.1, 0.15) is 9.96 Å². The third-order valence-electron chi connectivity index (χ3n) is 5.06. The van der Waals surface area contributed by atoms with Crippen molar-refractivity contribution in [3.63, 3.8) is 0 Å². The average Bonchev–Trinajstić information content (AvgIpc) is 3.42. The number of aromatic nitrogens is 2. The van der Waals surface area contributed by atoms with Crippen LogP contribution in [0.1, 0.15) is 18.1 Å². The summed E-state index contributed by atoms with van der Waals surface area (Å²) in [7, 11) is -2.38. The van der Waals surface area contributed by atoms with Crippen LogP contribution in [0.4, 0.5) is 10.6 Å². The van der Waals surface area contributed by atoms with Crippen LogP contribution < -0.4 is 14.8 Å². The lowest BCUT2D eigenvalue weighted by Crippen LogP contribution is -2.22. The second-order valence-corrected chi connectivity index (χ2v) is 11.4. The predicted molar refractivity (Wildman–Crippen MR) is 140 cm³/mol. The van der Waals surface area contributed by atoms with E-state index in [9.17, 15) is 13.2 Å². The van der Waals surface area contributed by atoms with E-state index in [1.54, 1.807) is 17.7 Å². The van der Waals surface area contributed by atoms with Crippen LogP contribution in [0.2, 0.25) is 4.34 Å². The number of methoxy groups -OCH3 is 1. The molecule has 0 fully saturated rings. The molecule has 1 amide bonds. The largest absolute Gasteiger partial charge is 0.496 e. The quantitative estimate of drug-likeness (QED) is 0.273. The Kier molecular flexibility index (Phi) is 7.53. The van der Waals surface area contributed by atoms with E-state index in [0.717, 1.165) is 22.5 Å². The van der Waals surface area contributed by atoms with Crippen LogP contribution in [0.25, 0.3) is 10.9 Å². The molecule has 4 aromatic rings. The number of fused-ring (bicyclic) bond motifs is 1. The second-order valence-electron chi connectivity index (χ2n) is 7.79. The van der Waals surface area contributed by atoms with Gasteiger partial charge in [0, 0.05) is 6.54 Å². The zero-order chi connectivity index (χ0) is 25.9. The number of ether oxygens (including phenoxy) is 2. The van der Waals surface area contributed by atoms with Gasteiger partial charge in [-0.3, -0.25) is 9.40 Å². The van der Waals surface area contributed by atoms with Gasteiger partial charge in [0.25, 0.3) is 10.0 Å². The first-order valence-electron chi connectivity index (χ1n) is 10.7. The summed E-state index contributed by atoms with van der Waals surface area (Å²) in [5.41, 5.74) is 2.51. The summed E-state index contributed by atoms with van der Waals surface area (Å²) in [6.07, 6.45) is -0.566. The number of hydrogen-bond donors (Lipinski definition) is 2. The Bertz CT molecular complexity index is 1530. The molecule has 2 aromatic heterocycles. The van der Waals surface area contributed by atoms with E-state index < -0.39 is 16.1 Å². The third-order valence-corrected chi connectivity index (χ3v) is 8.13. The molecule has 0 unspecified atom stereocenters. The van der Waals surface area contributed by atoms with E-state index in [2.05, 4.69) is 21.7 Å². The third kappa shape index (κ3) is 5.81. The fourth-order valence-electron chi connectivity index (χ4n) is 3.48. The van der Waals surface area contributed by atoms with Crippen molar-refractivity contribution in [2.45, 2.75) is 24.2 Å². The lowest BCUT2D eigenvalue weighted by atomic mass is 10.1. The van der Waals surface area contributed by atoms with Crippen molar-refractivity contribution in [1.82, 2.24) is 15.1 Å². The first-order valence-corrected chi connectivity index (χ1v) is 13.3. The Hall–Kier alpha value is -3.54. The number of carbonyl (C=O) groups excluding carboxylic acids is 1. The molecule has 0 spiro atoms. The van der Waals surface area contributed by atoms with Crippen LogP contribution in [0.3, 0.4) is 0 Å². The van der Waals surface area contributed by atoms with Crippen LogP contribution in [-0.2, 0) is 27.8 Å². The molecular weight excluding hydrogens is 524 g/mol. The molecule has 0 bridgehead atoms. The molecule has 4 rings (SSSR count). The van der Waals surface area contributed by atoms with Gasteiger partial charge in [0.2, 0.25) is 0 Å². The van der Waals surface area contributed by atoms with Crippen LogP contribution in [0.15, 0.2) is 71.1 Å². The van der Waals surface area contributed by atoms with Gasteiger partial charge in [-0.05, 0) is 42.3 Å². The van der Waals surface area contributed by atoms with E-state index in [1.165, 1.54) is 19.2 Å². The standard InChI is InChI=1S/C24H23ClN4O5S2/c1-15(2)34-24(30)26-13-16-7-9-17(10-8-16)14-29-18-5-4-6-19(33-3)22(18)23(27-29)28-36(31,32)21-12-11-20(25)35-21/h4-12H,1,13-14H2,2-3H3,(H,26,30)(H,27,28). The van der Waals surface area contributed by atoms with E-state index in [-0.39, 0.29) is 10.0 Å². The number of thiophene rings is 1. The Morgan fingerprint density at radius 1 is 1.14 bits per heavy atom. The van der Waals surface area contributed by atoms with Crippen LogP contribution >= 0.6 is 22.9 Å². The molecular formula is C24H23ClN4O5S2. The highest BCUT2D eigenvalue weighted by Gasteiger charge is 2.23. The number of hydrogen-bond acceptors (Lipinski definition) is 7. The molecule has 0 radical (unpaired) electrons. The molecule has 36 heavy (non-hydrogen) atoms. The van der Waals surface area contributed by atoms with Gasteiger partial charge < -0.3 is 14.8 Å². The number of alkyl carbamates (subject to hydrolysis) is 1. The number of anilines is 1. The number of benzene rings is 2. The summed E-state index contributed by atoms with van der Waals surface area (Å²) in [4.78, 5) is 11.6. The Morgan fingerprint density at radius 3 is 2.50 bits per heavy atom. The highest BCUT2D eigenvalue weighted by molar-refractivity contribution is 7.94. The summed E-state index contributed by atoms with van der Waals surface area (Å²) in [5, 5.41) is 7.75. The van der Waals surface area contributed by atoms with Crippen molar-refractivity contribution in [1.29, 1.82) is 0 Å². The molecule has 0 aliphatic carbocycles. The average molecular weight is 547 g/mol. The summed E-state index contributed by atoms with van der Waals surface area (Å²) in [6.45, 7) is 5.80. The summed E-state index contributed by atoms with van der Waals surface area (Å²) < 4.78 is 41.0. The number of amides is 1. The van der Waals surface area contributed by atoms with Crippen LogP contribution in [0.5, 0.6) is 5.75 Å². The van der Waals surface area contributed by atoms with Crippen LogP contribution in [-0.4, -0.2) is 31.4 Å². The van der Waals surface area contributed by atoms with Gasteiger partial charge in [-0.2, -0.15) is 5.10 Å². The lowest BCUT2D eigenvalue weighted by molar-refractivity contribution is 0.176. The van der Waals surface area contributed by atoms with Crippen molar-refractivity contribution in [2.24, 2.45) is 0 Å². The normalized spacial score (nSPS) is 11.3. The molecule has 9 nitrogen and oxygen atoms in total. The van der Waals surface area contributed by atoms with Gasteiger partial charge in [0.05, 0.1) is 34.7 Å². The smallest absolute Gasteiger partial charge is 0.412 e. The topological polar surface area (TPSA) is 112 Å². The van der Waals surface area contributed by atoms with Crippen LogP contribution in [0, 0.1) is 0 Å². The van der Waals surface area contributed by atoms with Gasteiger partial charge in [-0.25, -0.2) is 13.2 Å². The fraction of sp³-hybridized carbons (Fsp3) is 0.167. The minimum atomic E-state index is -3.89. The molecule has 188 valence electrons. The van der Waals surface area contributed by atoms with Crippen molar-refractivity contribution < 1.29 is 22.7 Å². The SMILES string of the molecule is C=C(C)OC(=O)NCc1ccc(Cn2nc(NS(=O)(=O)c3ccc(Cl)s3)c3c(OC)cccc32)cc1. The number of rotatable bonds is 9. The number of carbonyl (C=O) groups is 1. The molecule has 2 heterocycles. The number of nitrogens with zero attached hydrogens (tertiary/aromatic N) is 2. The minimum Gasteiger partial charge on any atom is -0.496 e. The Balaban J connectivity index is 1.59. The highest BCUT2D eigenvalue weighted by Crippen LogP contribution is 2.35. The number of nitrogens with one attached hydrogen (secondary N) is 2. The zero-order valence-corrected chi connectivity index (χ0v) is 21.8. The van der Waals surface area contributed by atoms with E-state index >= 15 is 0 Å². The Morgan fingerprint density at radius 2 is 1.86 bits per heavy atom. The van der Waals surface area contributed by atoms with Crippen molar-refractivity contribution in [3.8, 4) is 5.75 Å². The number of sulfonamides is 1. The first-order chi connectivity index (χ1) is 17.2. The Labute approximate surface area is 217 Å².